The van der Waals surface area contributed by atoms with Crippen LogP contribution in [0.3, 0.4) is 0 Å². The molecule has 0 saturated heterocycles. The van der Waals surface area contributed by atoms with Gasteiger partial charge in [-0.2, -0.15) is 0 Å². The summed E-state index contributed by atoms with van der Waals surface area (Å²) in [6.45, 7) is 1.46. The molecule has 0 aromatic heterocycles. The number of amides is 1. The van der Waals surface area contributed by atoms with Crippen LogP contribution in [0.15, 0.2) is 41.2 Å². The van der Waals surface area contributed by atoms with Crippen molar-refractivity contribution in [2.24, 2.45) is 0 Å². The summed E-state index contributed by atoms with van der Waals surface area (Å²) < 4.78 is 0. The van der Waals surface area contributed by atoms with E-state index in [0.29, 0.717) is 11.1 Å². The van der Waals surface area contributed by atoms with Gasteiger partial charge in [0.05, 0.1) is 5.57 Å². The number of allylic oxidation sites excluding steroid dienone is 3. The zero-order valence-corrected chi connectivity index (χ0v) is 8.13. The number of nitrogens with one attached hydrogen (secondary N) is 1. The first-order valence-corrected chi connectivity index (χ1v) is 4.23. The lowest BCUT2D eigenvalue weighted by Crippen LogP contribution is -2.18. The molecule has 1 rings (SSSR count). The molecule has 3 nitrogen and oxygen atoms in total. The molecule has 1 aliphatic carbocycles. The highest BCUT2D eigenvalue weighted by Crippen LogP contribution is 2.06. The molecule has 72 valence electrons. The maximum atomic E-state index is 11.2. The number of ketones is 1. The van der Waals surface area contributed by atoms with E-state index in [1.54, 1.807) is 31.4 Å². The minimum atomic E-state index is -0.177. The van der Waals surface area contributed by atoms with Gasteiger partial charge in [-0.15, -0.1) is 5.73 Å². The van der Waals surface area contributed by atoms with Gasteiger partial charge in [0, 0.05) is 12.6 Å². The van der Waals surface area contributed by atoms with Crippen LogP contribution in [-0.2, 0) is 9.59 Å². The van der Waals surface area contributed by atoms with Gasteiger partial charge in [-0.3, -0.25) is 9.59 Å². The first kappa shape index (κ1) is 10.2. The normalized spacial score (nSPS) is 14.1. The Balaban J connectivity index is 2.93. The van der Waals surface area contributed by atoms with Crippen LogP contribution in [0.2, 0.25) is 0 Å². The van der Waals surface area contributed by atoms with Crippen molar-refractivity contribution in [1.29, 1.82) is 0 Å². The van der Waals surface area contributed by atoms with E-state index in [2.05, 4.69) is 11.0 Å². The van der Waals surface area contributed by atoms with Crippen molar-refractivity contribution in [2.75, 3.05) is 7.05 Å². The third-order valence-corrected chi connectivity index (χ3v) is 1.80. The molecular formula is C11H11NO2. The Morgan fingerprint density at radius 1 is 1.36 bits per heavy atom. The van der Waals surface area contributed by atoms with Crippen LogP contribution in [-0.4, -0.2) is 18.7 Å². The number of carbonyl (C=O) groups is 2. The van der Waals surface area contributed by atoms with E-state index in [0.717, 1.165) is 0 Å². The molecule has 0 aromatic rings. The largest absolute Gasteiger partial charge is 0.355 e. The van der Waals surface area contributed by atoms with Crippen LogP contribution in [0.5, 0.6) is 0 Å². The molecule has 3 heteroatoms. The number of carbonyl (C=O) groups excluding carboxylic acids is 2. The summed E-state index contributed by atoms with van der Waals surface area (Å²) >= 11 is 0. The average Bonchev–Trinajstić information content (AvgIpc) is 2.41. The Labute approximate surface area is 82.5 Å². The molecule has 0 aromatic carbocycles. The summed E-state index contributed by atoms with van der Waals surface area (Å²) in [5, 5.41) is 2.51. The van der Waals surface area contributed by atoms with Gasteiger partial charge in [0.2, 0.25) is 0 Å². The van der Waals surface area contributed by atoms with E-state index >= 15 is 0 Å². The Kier molecular flexibility index (Phi) is 3.21. The second-order valence-electron chi connectivity index (χ2n) is 2.82. The number of rotatable bonds is 2. The summed E-state index contributed by atoms with van der Waals surface area (Å²) in [7, 11) is 1.56. The molecule has 0 fully saturated rings. The predicted molar refractivity (Wildman–Crippen MR) is 53.6 cm³/mol. The maximum absolute atomic E-state index is 11.2. The molecule has 0 radical (unpaired) electrons. The zero-order valence-electron chi connectivity index (χ0n) is 8.13. The van der Waals surface area contributed by atoms with Crippen LogP contribution in [0.25, 0.3) is 0 Å². The third-order valence-electron chi connectivity index (χ3n) is 1.80. The molecule has 0 heterocycles. The molecule has 0 spiro atoms. The van der Waals surface area contributed by atoms with Gasteiger partial charge in [-0.25, -0.2) is 0 Å². The first-order valence-electron chi connectivity index (χ1n) is 4.23. The molecule has 0 bridgehead atoms. The Hall–Kier alpha value is -1.86. The van der Waals surface area contributed by atoms with E-state index in [1.807, 2.05) is 0 Å². The van der Waals surface area contributed by atoms with E-state index < -0.39 is 0 Å². The monoisotopic (exact) mass is 189 g/mol. The van der Waals surface area contributed by atoms with Crippen molar-refractivity contribution >= 4 is 11.7 Å². The van der Waals surface area contributed by atoms with Crippen molar-refractivity contribution in [3.8, 4) is 0 Å². The third kappa shape index (κ3) is 2.31. The summed E-state index contributed by atoms with van der Waals surface area (Å²) in [6.07, 6.45) is 6.38. The van der Waals surface area contributed by atoms with Gasteiger partial charge in [0.25, 0.3) is 5.91 Å². The van der Waals surface area contributed by atoms with E-state index in [1.165, 1.54) is 6.92 Å². The molecule has 0 saturated carbocycles. The number of hydrogen-bond acceptors (Lipinski definition) is 2. The van der Waals surface area contributed by atoms with Crippen molar-refractivity contribution in [1.82, 2.24) is 5.32 Å². The van der Waals surface area contributed by atoms with Crippen LogP contribution in [0.1, 0.15) is 6.92 Å². The fraction of sp³-hybridized carbons (Fsp3) is 0.182. The Bertz CT molecular complexity index is 394. The summed E-state index contributed by atoms with van der Waals surface area (Å²) in [5.41, 5.74) is 3.77. The van der Waals surface area contributed by atoms with Gasteiger partial charge in [0.1, 0.15) is 0 Å². The lowest BCUT2D eigenvalue weighted by molar-refractivity contribution is -0.116. The molecule has 0 atom stereocenters. The topological polar surface area (TPSA) is 46.2 Å². The number of hydrogen-bond donors (Lipinski definition) is 1. The summed E-state index contributed by atoms with van der Waals surface area (Å²) in [5.74, 6) is -0.242. The number of likely N-dealkylation sites (N-methyl/N-ethyl adjacent to an activating group) is 1. The molecule has 1 aliphatic rings. The predicted octanol–water partition coefficient (Wildman–Crippen LogP) is 0.899. The lowest BCUT2D eigenvalue weighted by atomic mass is 10.1. The zero-order chi connectivity index (χ0) is 10.6. The highest BCUT2D eigenvalue weighted by atomic mass is 16.1. The molecular weight excluding hydrogens is 178 g/mol. The fourth-order valence-corrected chi connectivity index (χ4v) is 1.01. The maximum Gasteiger partial charge on any atom is 0.251 e. The van der Waals surface area contributed by atoms with Crippen molar-refractivity contribution in [2.45, 2.75) is 6.92 Å². The SMILES string of the molecule is CNC(=O)C1=CC=C=C(C(C)=O)C=C1. The van der Waals surface area contributed by atoms with Crippen molar-refractivity contribution in [3.63, 3.8) is 0 Å². The van der Waals surface area contributed by atoms with Gasteiger partial charge in [-0.1, -0.05) is 0 Å². The molecule has 0 aliphatic heterocycles. The second kappa shape index (κ2) is 4.40. The van der Waals surface area contributed by atoms with E-state index in [9.17, 15) is 9.59 Å². The fourth-order valence-electron chi connectivity index (χ4n) is 1.01. The van der Waals surface area contributed by atoms with Gasteiger partial charge in [-0.05, 0) is 31.2 Å². The standard InChI is InChI=1S/C11H11NO2/c1-8(13)9-4-3-5-10(7-6-9)11(14)12-2/h3,5-7H,1-2H3,(H,12,14). The van der Waals surface area contributed by atoms with Crippen molar-refractivity contribution in [3.05, 3.63) is 41.2 Å². The number of Topliss-reactive ketones (excluding diaryl/α,β-unsaturated/α-hetero) is 1. The summed E-state index contributed by atoms with van der Waals surface area (Å²) in [4.78, 5) is 22.2. The van der Waals surface area contributed by atoms with Gasteiger partial charge in [0.15, 0.2) is 5.78 Å². The second-order valence-corrected chi connectivity index (χ2v) is 2.82. The van der Waals surface area contributed by atoms with Gasteiger partial charge < -0.3 is 5.32 Å². The lowest BCUT2D eigenvalue weighted by Gasteiger charge is -1.97. The van der Waals surface area contributed by atoms with E-state index in [4.69, 9.17) is 0 Å². The highest BCUT2D eigenvalue weighted by molar-refractivity contribution is 5.99. The van der Waals surface area contributed by atoms with E-state index in [-0.39, 0.29) is 11.7 Å². The van der Waals surface area contributed by atoms with Crippen LogP contribution < -0.4 is 5.32 Å². The molecule has 0 unspecified atom stereocenters. The summed E-state index contributed by atoms with van der Waals surface area (Å²) in [6, 6.07) is 0. The molecule has 14 heavy (non-hydrogen) atoms. The minimum Gasteiger partial charge on any atom is -0.355 e. The highest BCUT2D eigenvalue weighted by Gasteiger charge is 2.05. The minimum absolute atomic E-state index is 0.0657. The Morgan fingerprint density at radius 2 is 2.07 bits per heavy atom. The van der Waals surface area contributed by atoms with Crippen LogP contribution in [0, 0.1) is 0 Å². The average molecular weight is 189 g/mol. The van der Waals surface area contributed by atoms with Crippen molar-refractivity contribution < 1.29 is 9.59 Å². The first-order chi connectivity index (χ1) is 6.65. The smallest absolute Gasteiger partial charge is 0.251 e. The quantitative estimate of drug-likeness (QED) is 0.656. The Morgan fingerprint density at radius 3 is 2.64 bits per heavy atom. The molecule has 1 N–H and O–H groups in total. The van der Waals surface area contributed by atoms with Gasteiger partial charge >= 0.3 is 0 Å². The van der Waals surface area contributed by atoms with Crippen LogP contribution >= 0.6 is 0 Å². The van der Waals surface area contributed by atoms with Crippen LogP contribution in [0.4, 0.5) is 0 Å². The molecule has 1 amide bonds.